The topological polar surface area (TPSA) is 99.5 Å². The summed E-state index contributed by atoms with van der Waals surface area (Å²) in [6, 6.07) is 5.53. The molecular formula is C19H17Cl2F3N2O4. The number of alkyl halides is 3. The summed E-state index contributed by atoms with van der Waals surface area (Å²) in [6.07, 6.45) is -4.32. The maximum Gasteiger partial charge on any atom is 0.422 e. The van der Waals surface area contributed by atoms with Crippen molar-refractivity contribution in [1.29, 1.82) is 0 Å². The summed E-state index contributed by atoms with van der Waals surface area (Å²) in [4.78, 5) is 26.2. The fourth-order valence-corrected chi connectivity index (χ4v) is 3.45. The maximum absolute atomic E-state index is 13.9. The number of aliphatic hydroxyl groups is 1. The number of nitrogens with one attached hydrogen (secondary N) is 1. The van der Waals surface area contributed by atoms with E-state index in [-0.39, 0.29) is 34.3 Å². The summed E-state index contributed by atoms with van der Waals surface area (Å²) in [5.41, 5.74) is -3.85. The molecule has 1 heterocycles. The minimum atomic E-state index is -5.08. The second-order valence-electron chi connectivity index (χ2n) is 6.49. The summed E-state index contributed by atoms with van der Waals surface area (Å²) in [5, 5.41) is 21.3. The van der Waals surface area contributed by atoms with Crippen LogP contribution in [0.1, 0.15) is 40.7 Å². The third-order valence-electron chi connectivity index (χ3n) is 4.58. The summed E-state index contributed by atoms with van der Waals surface area (Å²) >= 11 is 11.8. The van der Waals surface area contributed by atoms with E-state index in [1.807, 2.05) is 0 Å². The first-order valence-corrected chi connectivity index (χ1v) is 9.34. The lowest BCUT2D eigenvalue weighted by Crippen LogP contribution is -2.46. The molecule has 2 aromatic rings. The van der Waals surface area contributed by atoms with Gasteiger partial charge in [-0.1, -0.05) is 36.2 Å². The zero-order valence-corrected chi connectivity index (χ0v) is 17.0. The van der Waals surface area contributed by atoms with Crippen molar-refractivity contribution in [1.82, 2.24) is 10.3 Å². The van der Waals surface area contributed by atoms with Crippen LogP contribution in [-0.2, 0) is 10.4 Å². The van der Waals surface area contributed by atoms with Crippen LogP contribution in [0.2, 0.25) is 10.2 Å². The molecule has 0 aliphatic rings. The monoisotopic (exact) mass is 464 g/mol. The quantitative estimate of drug-likeness (QED) is 0.534. The molecule has 0 radical (unpaired) electrons. The van der Waals surface area contributed by atoms with E-state index in [1.165, 1.54) is 12.1 Å². The van der Waals surface area contributed by atoms with Gasteiger partial charge < -0.3 is 15.5 Å². The molecule has 0 fully saturated rings. The minimum Gasteiger partial charge on any atom is -0.481 e. The number of rotatable bonds is 7. The van der Waals surface area contributed by atoms with Crippen molar-refractivity contribution < 1.29 is 33.0 Å². The molecule has 0 spiro atoms. The van der Waals surface area contributed by atoms with Gasteiger partial charge in [-0.3, -0.25) is 9.59 Å². The number of hydrogen-bond acceptors (Lipinski definition) is 4. The van der Waals surface area contributed by atoms with E-state index in [0.717, 1.165) is 31.3 Å². The van der Waals surface area contributed by atoms with E-state index in [1.54, 1.807) is 0 Å². The molecule has 0 saturated carbocycles. The minimum absolute atomic E-state index is 0.0313. The molecule has 11 heteroatoms. The standard InChI is InChI=1S/C19H17Cl2F3N2O4/c1-10(18(30,19(22,23)24)12-4-6-25-15(21)9-12)13-3-2-11(8-14(13)20)17(29)26-7-5-16(27)28/h2-4,6,8-10,30H,5,7H2,1H3,(H,26,29)(H,27,28)/t10-,18-/m1/s1. The Balaban J connectivity index is 2.39. The van der Waals surface area contributed by atoms with Crippen LogP contribution >= 0.6 is 23.2 Å². The van der Waals surface area contributed by atoms with Crippen LogP contribution in [-0.4, -0.2) is 39.8 Å². The molecule has 1 amide bonds. The number of carbonyl (C=O) groups is 2. The number of carboxylic acid groups (broad SMARTS) is 1. The van der Waals surface area contributed by atoms with Crippen LogP contribution in [0.3, 0.4) is 0 Å². The van der Waals surface area contributed by atoms with E-state index in [2.05, 4.69) is 10.3 Å². The molecule has 30 heavy (non-hydrogen) atoms. The third-order valence-corrected chi connectivity index (χ3v) is 5.11. The van der Waals surface area contributed by atoms with Crippen molar-refractivity contribution in [3.8, 4) is 0 Å². The van der Waals surface area contributed by atoms with Crippen LogP contribution in [0.5, 0.6) is 0 Å². The van der Waals surface area contributed by atoms with Gasteiger partial charge in [0.05, 0.1) is 6.42 Å². The highest BCUT2D eigenvalue weighted by Gasteiger charge is 2.59. The number of aliphatic carboxylic acids is 1. The highest BCUT2D eigenvalue weighted by Crippen LogP contribution is 2.49. The first kappa shape index (κ1) is 23.9. The molecule has 1 aromatic carbocycles. The molecule has 0 aliphatic carbocycles. The number of aromatic nitrogens is 1. The first-order valence-electron chi connectivity index (χ1n) is 8.58. The lowest BCUT2D eigenvalue weighted by Gasteiger charge is -2.37. The van der Waals surface area contributed by atoms with E-state index in [9.17, 15) is 27.9 Å². The Morgan fingerprint density at radius 1 is 1.20 bits per heavy atom. The van der Waals surface area contributed by atoms with Crippen LogP contribution in [0.4, 0.5) is 13.2 Å². The van der Waals surface area contributed by atoms with Crippen LogP contribution in [0.15, 0.2) is 36.5 Å². The van der Waals surface area contributed by atoms with E-state index in [0.29, 0.717) is 0 Å². The second-order valence-corrected chi connectivity index (χ2v) is 7.28. The van der Waals surface area contributed by atoms with Crippen molar-refractivity contribution in [3.05, 3.63) is 63.4 Å². The number of pyridine rings is 1. The van der Waals surface area contributed by atoms with Crippen molar-refractivity contribution in [3.63, 3.8) is 0 Å². The lowest BCUT2D eigenvalue weighted by atomic mass is 9.78. The number of nitrogens with zero attached hydrogens (tertiary/aromatic N) is 1. The Bertz CT molecular complexity index is 956. The Hall–Kier alpha value is -2.36. The van der Waals surface area contributed by atoms with Gasteiger partial charge in [-0.05, 0) is 35.4 Å². The first-order chi connectivity index (χ1) is 13.9. The Labute approximate surface area is 179 Å². The summed E-state index contributed by atoms with van der Waals surface area (Å²) in [6.45, 7) is 1.02. The number of carbonyl (C=O) groups excluding carboxylic acids is 1. The van der Waals surface area contributed by atoms with Gasteiger partial charge in [0.1, 0.15) is 5.15 Å². The molecular weight excluding hydrogens is 448 g/mol. The number of amides is 1. The summed E-state index contributed by atoms with van der Waals surface area (Å²) in [5.74, 6) is -3.29. The van der Waals surface area contributed by atoms with Gasteiger partial charge in [0.2, 0.25) is 0 Å². The molecule has 162 valence electrons. The zero-order chi connectivity index (χ0) is 22.7. The third kappa shape index (κ3) is 5.03. The van der Waals surface area contributed by atoms with Gasteiger partial charge in [-0.25, -0.2) is 4.98 Å². The predicted molar refractivity (Wildman–Crippen MR) is 104 cm³/mol. The van der Waals surface area contributed by atoms with Gasteiger partial charge >= 0.3 is 12.1 Å². The molecule has 3 N–H and O–H groups in total. The van der Waals surface area contributed by atoms with Gasteiger partial charge in [-0.15, -0.1) is 0 Å². The zero-order valence-electron chi connectivity index (χ0n) is 15.5. The average Bonchev–Trinajstić information content (AvgIpc) is 2.65. The SMILES string of the molecule is C[C@H](c1ccc(C(=O)NCCC(=O)O)cc1Cl)[C@@](O)(c1ccnc(Cl)c1)C(F)(F)F. The fraction of sp³-hybridized carbons (Fsp3) is 0.316. The van der Waals surface area contributed by atoms with Crippen molar-refractivity contribution >= 4 is 35.1 Å². The molecule has 6 nitrogen and oxygen atoms in total. The fourth-order valence-electron chi connectivity index (χ4n) is 2.93. The highest BCUT2D eigenvalue weighted by atomic mass is 35.5. The molecule has 0 unspecified atom stereocenters. The molecule has 1 aromatic heterocycles. The van der Waals surface area contributed by atoms with Crippen LogP contribution < -0.4 is 5.32 Å². The Morgan fingerprint density at radius 3 is 2.40 bits per heavy atom. The van der Waals surface area contributed by atoms with Gasteiger partial charge in [0, 0.05) is 29.2 Å². The number of halogens is 5. The largest absolute Gasteiger partial charge is 0.481 e. The Morgan fingerprint density at radius 2 is 1.87 bits per heavy atom. The van der Waals surface area contributed by atoms with Gasteiger partial charge in [-0.2, -0.15) is 13.2 Å². The highest BCUT2D eigenvalue weighted by molar-refractivity contribution is 6.31. The lowest BCUT2D eigenvalue weighted by molar-refractivity contribution is -0.274. The van der Waals surface area contributed by atoms with Gasteiger partial charge in [0.15, 0.2) is 5.60 Å². The Kier molecular flexibility index (Phi) is 7.33. The number of hydrogen-bond donors (Lipinski definition) is 3. The second kappa shape index (κ2) is 9.20. The molecule has 0 saturated heterocycles. The normalized spacial score (nSPS) is 14.6. The van der Waals surface area contributed by atoms with E-state index in [4.69, 9.17) is 28.3 Å². The van der Waals surface area contributed by atoms with E-state index >= 15 is 0 Å². The van der Waals surface area contributed by atoms with E-state index < -0.39 is 35.1 Å². The molecule has 0 bridgehead atoms. The van der Waals surface area contributed by atoms with Crippen molar-refractivity contribution in [2.75, 3.05) is 6.54 Å². The molecule has 0 aliphatic heterocycles. The maximum atomic E-state index is 13.9. The summed E-state index contributed by atoms with van der Waals surface area (Å²) in [7, 11) is 0. The number of benzene rings is 1. The molecule has 2 atom stereocenters. The summed E-state index contributed by atoms with van der Waals surface area (Å²) < 4.78 is 41.8. The van der Waals surface area contributed by atoms with Crippen LogP contribution in [0.25, 0.3) is 0 Å². The number of carboxylic acids is 1. The van der Waals surface area contributed by atoms with Gasteiger partial charge in [0.25, 0.3) is 5.91 Å². The van der Waals surface area contributed by atoms with Crippen molar-refractivity contribution in [2.24, 2.45) is 0 Å². The molecule has 2 rings (SSSR count). The average molecular weight is 465 g/mol. The predicted octanol–water partition coefficient (Wildman–Crippen LogP) is 4.15. The van der Waals surface area contributed by atoms with Crippen LogP contribution in [0, 0.1) is 0 Å². The smallest absolute Gasteiger partial charge is 0.422 e. The van der Waals surface area contributed by atoms with Crippen molar-refractivity contribution in [2.45, 2.75) is 31.0 Å².